The highest BCUT2D eigenvalue weighted by Gasteiger charge is 2.31. The maximum absolute atomic E-state index is 12.9. The number of hydrogen-bond acceptors (Lipinski definition) is 5. The average Bonchev–Trinajstić information content (AvgIpc) is 3.28. The molecule has 2 heterocycles. The Kier molecular flexibility index (Phi) is 4.99. The predicted octanol–water partition coefficient (Wildman–Crippen LogP) is 5.17. The average molecular weight is 473 g/mol. The number of sulfonamides is 1. The second-order valence-electron chi connectivity index (χ2n) is 6.38. The van der Waals surface area contributed by atoms with Gasteiger partial charge in [-0.15, -0.1) is 0 Å². The Bertz CT molecular complexity index is 1350. The van der Waals surface area contributed by atoms with Crippen LogP contribution in [0.3, 0.4) is 0 Å². The summed E-state index contributed by atoms with van der Waals surface area (Å²) in [7, 11) is -2.18. The van der Waals surface area contributed by atoms with Gasteiger partial charge in [0, 0.05) is 51.8 Å². The Morgan fingerprint density at radius 1 is 1.13 bits per heavy atom. The lowest BCUT2D eigenvalue weighted by atomic mass is 10.0. The van der Waals surface area contributed by atoms with E-state index in [9.17, 15) is 21.6 Å². The highest BCUT2D eigenvalue weighted by Crippen LogP contribution is 2.39. The van der Waals surface area contributed by atoms with Crippen molar-refractivity contribution < 1.29 is 21.6 Å². The number of rotatable bonds is 4. The molecule has 0 fully saturated rings. The monoisotopic (exact) mass is 472 g/mol. The van der Waals surface area contributed by atoms with Crippen molar-refractivity contribution in [3.8, 4) is 11.1 Å². The standard InChI is InChI=1S/C18H12ClF3N4O2S2/c1-26-8-14(12-4-2-10(6-15(12)19)18(20,21)22)13-5-3-11(7-16(13)26)30(27,28)25-17-23-9-24-29-17/h2-9H,1H3,(H,23,24,25). The summed E-state index contributed by atoms with van der Waals surface area (Å²) >= 11 is 7.04. The Hall–Kier alpha value is -2.63. The van der Waals surface area contributed by atoms with E-state index in [1.807, 2.05) is 0 Å². The summed E-state index contributed by atoms with van der Waals surface area (Å²) in [6, 6.07) is 7.62. The lowest BCUT2D eigenvalue weighted by molar-refractivity contribution is -0.137. The molecule has 0 saturated carbocycles. The highest BCUT2D eigenvalue weighted by atomic mass is 35.5. The molecule has 2 aromatic heterocycles. The van der Waals surface area contributed by atoms with Gasteiger partial charge < -0.3 is 4.57 Å². The molecule has 0 bridgehead atoms. The number of anilines is 1. The van der Waals surface area contributed by atoms with Crippen molar-refractivity contribution in [1.82, 2.24) is 13.9 Å². The zero-order valence-electron chi connectivity index (χ0n) is 15.1. The molecular formula is C18H12ClF3N4O2S2. The Labute approximate surface area is 178 Å². The molecule has 6 nitrogen and oxygen atoms in total. The minimum Gasteiger partial charge on any atom is -0.350 e. The summed E-state index contributed by atoms with van der Waals surface area (Å²) in [5.41, 5.74) is 0.735. The van der Waals surface area contributed by atoms with Crippen LogP contribution in [0.25, 0.3) is 22.0 Å². The van der Waals surface area contributed by atoms with Gasteiger partial charge in [0.05, 0.1) is 10.5 Å². The zero-order valence-corrected chi connectivity index (χ0v) is 17.5. The number of halogens is 4. The van der Waals surface area contributed by atoms with Crippen molar-refractivity contribution in [2.24, 2.45) is 7.05 Å². The summed E-state index contributed by atoms with van der Waals surface area (Å²) in [4.78, 5) is 3.81. The fraction of sp³-hybridized carbons (Fsp3) is 0.111. The van der Waals surface area contributed by atoms with E-state index < -0.39 is 21.8 Å². The third kappa shape index (κ3) is 3.75. The summed E-state index contributed by atoms with van der Waals surface area (Å²) in [6.45, 7) is 0. The van der Waals surface area contributed by atoms with Crippen molar-refractivity contribution in [2.45, 2.75) is 11.1 Å². The SMILES string of the molecule is Cn1cc(-c2ccc(C(F)(F)F)cc2Cl)c2ccc(S(=O)(=O)Nc3ncns3)cc21. The molecule has 4 rings (SSSR count). The Morgan fingerprint density at radius 2 is 1.90 bits per heavy atom. The summed E-state index contributed by atoms with van der Waals surface area (Å²) < 4.78 is 71.7. The zero-order chi connectivity index (χ0) is 21.7. The van der Waals surface area contributed by atoms with Crippen LogP contribution in [-0.4, -0.2) is 22.3 Å². The normalized spacial score (nSPS) is 12.4. The van der Waals surface area contributed by atoms with Crippen molar-refractivity contribution in [1.29, 1.82) is 0 Å². The van der Waals surface area contributed by atoms with Crippen LogP contribution in [-0.2, 0) is 23.2 Å². The molecule has 0 spiro atoms. The van der Waals surface area contributed by atoms with Crippen molar-refractivity contribution >= 4 is 49.2 Å². The number of fused-ring (bicyclic) bond motifs is 1. The van der Waals surface area contributed by atoms with E-state index in [1.54, 1.807) is 23.9 Å². The lowest BCUT2D eigenvalue weighted by Crippen LogP contribution is -2.12. The number of aryl methyl sites for hydroxylation is 1. The maximum atomic E-state index is 12.9. The Morgan fingerprint density at radius 3 is 2.53 bits per heavy atom. The van der Waals surface area contributed by atoms with Gasteiger partial charge >= 0.3 is 6.18 Å². The quantitative estimate of drug-likeness (QED) is 0.444. The van der Waals surface area contributed by atoms with Gasteiger partial charge in [-0.2, -0.15) is 17.5 Å². The van der Waals surface area contributed by atoms with E-state index in [0.717, 1.165) is 23.7 Å². The molecule has 2 aromatic carbocycles. The molecule has 1 N–H and O–H groups in total. The molecule has 12 heteroatoms. The number of nitrogens with one attached hydrogen (secondary N) is 1. The van der Waals surface area contributed by atoms with E-state index in [-0.39, 0.29) is 15.0 Å². The molecule has 0 saturated heterocycles. The maximum Gasteiger partial charge on any atom is 0.416 e. The topological polar surface area (TPSA) is 76.9 Å². The second kappa shape index (κ2) is 7.25. The van der Waals surface area contributed by atoms with Gasteiger partial charge in [-0.1, -0.05) is 23.7 Å². The van der Waals surface area contributed by atoms with Crippen molar-refractivity contribution in [3.05, 3.63) is 59.5 Å². The first-order valence-electron chi connectivity index (χ1n) is 8.32. The van der Waals surface area contributed by atoms with Gasteiger partial charge in [-0.3, -0.25) is 4.72 Å². The minimum absolute atomic E-state index is 0.0106. The smallest absolute Gasteiger partial charge is 0.350 e. The summed E-state index contributed by atoms with van der Waals surface area (Å²) in [6.07, 6.45) is -1.57. The molecular weight excluding hydrogens is 461 g/mol. The number of alkyl halides is 3. The fourth-order valence-electron chi connectivity index (χ4n) is 3.05. The molecule has 0 amide bonds. The summed E-state index contributed by atoms with van der Waals surface area (Å²) in [5.74, 6) is 0. The van der Waals surface area contributed by atoms with Crippen LogP contribution in [0.1, 0.15) is 5.56 Å². The van der Waals surface area contributed by atoms with Crippen LogP contribution in [0.15, 0.2) is 53.8 Å². The minimum atomic E-state index is -4.50. The third-order valence-electron chi connectivity index (χ3n) is 4.44. The van der Waals surface area contributed by atoms with Gasteiger partial charge in [0.1, 0.15) is 6.33 Å². The molecule has 0 radical (unpaired) electrons. The molecule has 0 aliphatic carbocycles. The molecule has 156 valence electrons. The van der Waals surface area contributed by atoms with Gasteiger partial charge in [0.25, 0.3) is 10.0 Å². The van der Waals surface area contributed by atoms with Crippen LogP contribution >= 0.6 is 23.1 Å². The second-order valence-corrected chi connectivity index (χ2v) is 9.25. The largest absolute Gasteiger partial charge is 0.416 e. The predicted molar refractivity (Wildman–Crippen MR) is 109 cm³/mol. The highest BCUT2D eigenvalue weighted by molar-refractivity contribution is 7.93. The third-order valence-corrected chi connectivity index (χ3v) is 6.80. The first-order valence-corrected chi connectivity index (χ1v) is 11.0. The molecule has 0 atom stereocenters. The number of nitrogens with zero attached hydrogens (tertiary/aromatic N) is 3. The lowest BCUT2D eigenvalue weighted by Gasteiger charge is -2.10. The van der Waals surface area contributed by atoms with Gasteiger partial charge in [0.2, 0.25) is 5.13 Å². The fourth-order valence-corrected chi connectivity index (χ4v) is 5.01. The van der Waals surface area contributed by atoms with Gasteiger partial charge in [-0.05, 0) is 24.3 Å². The first kappa shape index (κ1) is 20.6. The van der Waals surface area contributed by atoms with Crippen molar-refractivity contribution in [3.63, 3.8) is 0 Å². The molecule has 0 aliphatic rings. The number of hydrogen-bond donors (Lipinski definition) is 1. The van der Waals surface area contributed by atoms with Crippen LogP contribution in [0.5, 0.6) is 0 Å². The van der Waals surface area contributed by atoms with Gasteiger partial charge in [0.15, 0.2) is 0 Å². The van der Waals surface area contributed by atoms with E-state index in [2.05, 4.69) is 14.1 Å². The van der Waals surface area contributed by atoms with E-state index >= 15 is 0 Å². The van der Waals surface area contributed by atoms with Gasteiger partial charge in [-0.25, -0.2) is 13.4 Å². The molecule has 0 unspecified atom stereocenters. The number of benzene rings is 2. The van der Waals surface area contributed by atoms with Crippen LogP contribution in [0.2, 0.25) is 5.02 Å². The molecule has 4 aromatic rings. The van der Waals surface area contributed by atoms with E-state index in [4.69, 9.17) is 11.6 Å². The Balaban J connectivity index is 1.78. The summed E-state index contributed by atoms with van der Waals surface area (Å²) in [5, 5.41) is 0.736. The number of aromatic nitrogens is 3. The van der Waals surface area contributed by atoms with E-state index in [1.165, 1.54) is 24.5 Å². The van der Waals surface area contributed by atoms with Crippen LogP contribution in [0.4, 0.5) is 18.3 Å². The van der Waals surface area contributed by atoms with E-state index in [0.29, 0.717) is 22.0 Å². The van der Waals surface area contributed by atoms with Crippen LogP contribution in [0, 0.1) is 0 Å². The van der Waals surface area contributed by atoms with Crippen molar-refractivity contribution in [2.75, 3.05) is 4.72 Å². The van der Waals surface area contributed by atoms with Crippen LogP contribution < -0.4 is 4.72 Å². The first-order chi connectivity index (χ1) is 14.1. The molecule has 0 aliphatic heterocycles. The molecule has 30 heavy (non-hydrogen) atoms.